The number of likely N-dealkylation sites (N-methyl/N-ethyl adjacent to an activating group) is 1. The van der Waals surface area contributed by atoms with Crippen LogP contribution in [0.25, 0.3) is 0 Å². The Hall–Kier alpha value is -1.88. The highest BCUT2D eigenvalue weighted by molar-refractivity contribution is 5.89. The molecule has 2 atom stereocenters. The molecule has 5 heteroatoms. The second kappa shape index (κ2) is 6.72. The molecular weight excluding hydrogens is 268 g/mol. The molecule has 1 aliphatic heterocycles. The predicted octanol–water partition coefficient (Wildman–Crippen LogP) is 0.874. The molecule has 0 radical (unpaired) electrons. The summed E-state index contributed by atoms with van der Waals surface area (Å²) >= 11 is 0. The Bertz CT molecular complexity index is 504. The molecule has 1 heterocycles. The molecule has 21 heavy (non-hydrogen) atoms. The molecule has 1 N–H and O–H groups in total. The normalized spacial score (nSPS) is 19.7. The third kappa shape index (κ3) is 3.61. The van der Waals surface area contributed by atoms with Crippen LogP contribution in [-0.2, 0) is 16.1 Å². The Labute approximate surface area is 125 Å². The lowest BCUT2D eigenvalue weighted by atomic mass is 10.1. The van der Waals surface area contributed by atoms with Gasteiger partial charge in [-0.1, -0.05) is 30.3 Å². The Morgan fingerprint density at radius 3 is 2.71 bits per heavy atom. The number of aliphatic hydroxyl groups excluding tert-OH is 1. The summed E-state index contributed by atoms with van der Waals surface area (Å²) in [5.41, 5.74) is 1.07. The number of hydrogen-bond donors (Lipinski definition) is 1. The van der Waals surface area contributed by atoms with Gasteiger partial charge in [0.1, 0.15) is 0 Å². The lowest BCUT2D eigenvalue weighted by Gasteiger charge is -2.26. The lowest BCUT2D eigenvalue weighted by molar-refractivity contribution is -0.137. The second-order valence-corrected chi connectivity index (χ2v) is 5.64. The summed E-state index contributed by atoms with van der Waals surface area (Å²) in [7, 11) is 1.67. The van der Waals surface area contributed by atoms with Crippen LogP contribution in [-0.4, -0.2) is 53.0 Å². The molecule has 5 nitrogen and oxygen atoms in total. The highest BCUT2D eigenvalue weighted by Crippen LogP contribution is 2.22. The van der Waals surface area contributed by atoms with Crippen LogP contribution in [0.5, 0.6) is 0 Å². The fraction of sp³-hybridized carbons (Fsp3) is 0.500. The number of likely N-dealkylation sites (tertiary alicyclic amines) is 1. The average molecular weight is 290 g/mol. The van der Waals surface area contributed by atoms with Gasteiger partial charge in [0.25, 0.3) is 0 Å². The second-order valence-electron chi connectivity index (χ2n) is 5.64. The number of nitrogens with zero attached hydrogens (tertiary/aromatic N) is 2. The Morgan fingerprint density at radius 1 is 1.43 bits per heavy atom. The number of carbonyl (C=O) groups is 2. The number of rotatable bonds is 5. The lowest BCUT2D eigenvalue weighted by Crippen LogP contribution is -2.41. The Balaban J connectivity index is 1.98. The van der Waals surface area contributed by atoms with Crippen molar-refractivity contribution in [3.8, 4) is 0 Å². The van der Waals surface area contributed by atoms with Crippen molar-refractivity contribution in [3.05, 3.63) is 35.9 Å². The molecule has 0 bridgehead atoms. The zero-order chi connectivity index (χ0) is 15.4. The van der Waals surface area contributed by atoms with E-state index in [-0.39, 0.29) is 36.8 Å². The molecule has 1 aromatic rings. The van der Waals surface area contributed by atoms with Crippen molar-refractivity contribution in [1.82, 2.24) is 9.80 Å². The minimum atomic E-state index is -0.305. The van der Waals surface area contributed by atoms with E-state index in [1.807, 2.05) is 30.3 Å². The SMILES string of the molecule is C[C@H](CO)N(C)C(=O)[C@@H]1CC(=O)N(Cc2ccccc2)C1. The van der Waals surface area contributed by atoms with Crippen molar-refractivity contribution in [1.29, 1.82) is 0 Å². The standard InChI is InChI=1S/C16H22N2O3/c1-12(11-19)17(2)16(21)14-8-15(20)18(10-14)9-13-6-4-3-5-7-13/h3-7,12,14,19H,8-11H2,1-2H3/t12-,14-/m1/s1. The molecule has 0 spiro atoms. The molecular formula is C16H22N2O3. The molecule has 1 aliphatic rings. The Morgan fingerprint density at radius 2 is 2.10 bits per heavy atom. The van der Waals surface area contributed by atoms with Gasteiger partial charge in [0.2, 0.25) is 11.8 Å². The van der Waals surface area contributed by atoms with E-state index in [1.165, 1.54) is 4.90 Å². The zero-order valence-electron chi connectivity index (χ0n) is 12.5. The summed E-state index contributed by atoms with van der Waals surface area (Å²) in [6.45, 7) is 2.71. The Kier molecular flexibility index (Phi) is 4.96. The van der Waals surface area contributed by atoms with Gasteiger partial charge in [-0.05, 0) is 12.5 Å². The first-order valence-electron chi connectivity index (χ1n) is 7.22. The minimum absolute atomic E-state index is 0.0160. The highest BCUT2D eigenvalue weighted by Gasteiger charge is 2.36. The smallest absolute Gasteiger partial charge is 0.228 e. The van der Waals surface area contributed by atoms with Gasteiger partial charge in [-0.15, -0.1) is 0 Å². The number of carbonyl (C=O) groups excluding carboxylic acids is 2. The number of aliphatic hydroxyl groups is 1. The van der Waals surface area contributed by atoms with Gasteiger partial charge < -0.3 is 14.9 Å². The summed E-state index contributed by atoms with van der Waals surface area (Å²) < 4.78 is 0. The molecule has 0 aromatic heterocycles. The molecule has 114 valence electrons. The third-order valence-corrected chi connectivity index (χ3v) is 4.05. The fourth-order valence-corrected chi connectivity index (χ4v) is 2.52. The number of benzene rings is 1. The maximum Gasteiger partial charge on any atom is 0.228 e. The van der Waals surface area contributed by atoms with E-state index >= 15 is 0 Å². The van der Waals surface area contributed by atoms with Crippen LogP contribution >= 0.6 is 0 Å². The topological polar surface area (TPSA) is 60.9 Å². The van der Waals surface area contributed by atoms with E-state index in [1.54, 1.807) is 18.9 Å². The first-order valence-corrected chi connectivity index (χ1v) is 7.22. The van der Waals surface area contributed by atoms with E-state index in [4.69, 9.17) is 5.11 Å². The zero-order valence-corrected chi connectivity index (χ0v) is 12.5. The predicted molar refractivity (Wildman–Crippen MR) is 79.3 cm³/mol. The maximum absolute atomic E-state index is 12.3. The highest BCUT2D eigenvalue weighted by atomic mass is 16.3. The minimum Gasteiger partial charge on any atom is -0.394 e. The first-order chi connectivity index (χ1) is 10.0. The van der Waals surface area contributed by atoms with Crippen molar-refractivity contribution in [2.24, 2.45) is 5.92 Å². The average Bonchev–Trinajstić information content (AvgIpc) is 2.87. The van der Waals surface area contributed by atoms with E-state index in [0.29, 0.717) is 13.1 Å². The quantitative estimate of drug-likeness (QED) is 0.875. The van der Waals surface area contributed by atoms with E-state index in [2.05, 4.69) is 0 Å². The summed E-state index contributed by atoms with van der Waals surface area (Å²) in [4.78, 5) is 27.6. The molecule has 2 amide bonds. The van der Waals surface area contributed by atoms with Crippen molar-refractivity contribution < 1.29 is 14.7 Å². The maximum atomic E-state index is 12.3. The third-order valence-electron chi connectivity index (χ3n) is 4.05. The van der Waals surface area contributed by atoms with Gasteiger partial charge >= 0.3 is 0 Å². The summed E-state index contributed by atoms with van der Waals surface area (Å²) in [5.74, 6) is -0.358. The van der Waals surface area contributed by atoms with Gasteiger partial charge in [-0.3, -0.25) is 9.59 Å². The molecule has 2 rings (SSSR count). The molecule has 0 saturated carbocycles. The van der Waals surface area contributed by atoms with Crippen LogP contribution < -0.4 is 0 Å². The van der Waals surface area contributed by atoms with Gasteiger partial charge in [-0.25, -0.2) is 0 Å². The van der Waals surface area contributed by atoms with Crippen LogP contribution in [0, 0.1) is 5.92 Å². The molecule has 1 fully saturated rings. The number of amides is 2. The summed E-state index contributed by atoms with van der Waals surface area (Å²) in [5, 5.41) is 9.12. The van der Waals surface area contributed by atoms with Crippen molar-refractivity contribution in [3.63, 3.8) is 0 Å². The molecule has 0 unspecified atom stereocenters. The van der Waals surface area contributed by atoms with Crippen molar-refractivity contribution in [2.45, 2.75) is 25.9 Å². The van der Waals surface area contributed by atoms with Crippen LogP contribution in [0.4, 0.5) is 0 Å². The summed E-state index contributed by atoms with van der Waals surface area (Å²) in [6, 6.07) is 9.54. The van der Waals surface area contributed by atoms with Gasteiger partial charge in [0.05, 0.1) is 18.6 Å². The first kappa shape index (κ1) is 15.5. The van der Waals surface area contributed by atoms with Crippen LogP contribution in [0.2, 0.25) is 0 Å². The van der Waals surface area contributed by atoms with Crippen molar-refractivity contribution in [2.75, 3.05) is 20.2 Å². The van der Waals surface area contributed by atoms with Crippen LogP contribution in [0.1, 0.15) is 18.9 Å². The van der Waals surface area contributed by atoms with Gasteiger partial charge in [0, 0.05) is 26.6 Å². The fourth-order valence-electron chi connectivity index (χ4n) is 2.52. The van der Waals surface area contributed by atoms with Crippen molar-refractivity contribution >= 4 is 11.8 Å². The van der Waals surface area contributed by atoms with E-state index < -0.39 is 0 Å². The van der Waals surface area contributed by atoms with Gasteiger partial charge in [0.15, 0.2) is 0 Å². The largest absolute Gasteiger partial charge is 0.394 e. The van der Waals surface area contributed by atoms with Crippen LogP contribution in [0.3, 0.4) is 0 Å². The van der Waals surface area contributed by atoms with E-state index in [9.17, 15) is 9.59 Å². The van der Waals surface area contributed by atoms with Crippen LogP contribution in [0.15, 0.2) is 30.3 Å². The number of hydrogen-bond acceptors (Lipinski definition) is 3. The van der Waals surface area contributed by atoms with Gasteiger partial charge in [-0.2, -0.15) is 0 Å². The molecule has 1 saturated heterocycles. The monoisotopic (exact) mass is 290 g/mol. The summed E-state index contributed by atoms with van der Waals surface area (Å²) in [6.07, 6.45) is 0.258. The molecule has 1 aromatic carbocycles. The molecule has 0 aliphatic carbocycles. The van der Waals surface area contributed by atoms with E-state index in [0.717, 1.165) is 5.56 Å².